The Morgan fingerprint density at radius 1 is 0.516 bits per heavy atom. The fraction of sp³-hybridized carbons (Fsp3) is 0.923. The molecule has 18 heteroatoms. The molecule has 0 bridgehead atoms. The van der Waals surface area contributed by atoms with Crippen LogP contribution in [0, 0.1) is 6.42 Å². The van der Waals surface area contributed by atoms with Crippen LogP contribution in [0.2, 0.25) is 0 Å². The zero-order chi connectivity index (χ0) is 25.5. The van der Waals surface area contributed by atoms with Gasteiger partial charge in [-0.15, -0.1) is 0 Å². The van der Waals surface area contributed by atoms with E-state index in [0.29, 0.717) is 0 Å². The summed E-state index contributed by atoms with van der Waals surface area (Å²) in [6, 6.07) is 0. The summed E-state index contributed by atoms with van der Waals surface area (Å²) < 4.78 is 224. The Morgan fingerprint density at radius 3 is 1.16 bits per heavy atom. The Balaban J connectivity index is 6.37. The van der Waals surface area contributed by atoms with E-state index in [1.165, 1.54) is 6.92 Å². The molecule has 0 aromatic carbocycles. The van der Waals surface area contributed by atoms with Gasteiger partial charge in [0.15, 0.2) is 0 Å². The highest BCUT2D eigenvalue weighted by Gasteiger charge is 2.95. The Bertz CT molecular complexity index is 606. The molecular weight excluding hydrogens is 495 g/mol. The summed E-state index contributed by atoms with van der Waals surface area (Å²) in [7, 11) is 0. The summed E-state index contributed by atoms with van der Waals surface area (Å²) in [5.74, 6) is -56.1. The average Bonchev–Trinajstić information content (AvgIpc) is 2.56. The zero-order valence-electron chi connectivity index (χ0n) is 14.5. The van der Waals surface area contributed by atoms with Crippen molar-refractivity contribution in [1.29, 1.82) is 0 Å². The van der Waals surface area contributed by atoms with Crippen LogP contribution in [0.15, 0.2) is 0 Å². The van der Waals surface area contributed by atoms with Crippen molar-refractivity contribution in [3.63, 3.8) is 0 Å². The second-order valence-corrected chi connectivity index (χ2v) is 5.88. The molecule has 1 nitrogen and oxygen atoms in total. The fourth-order valence-corrected chi connectivity index (χ4v) is 1.75. The molecule has 31 heavy (non-hydrogen) atoms. The third-order valence-corrected chi connectivity index (χ3v) is 3.63. The van der Waals surface area contributed by atoms with Crippen molar-refractivity contribution in [2.45, 2.75) is 61.0 Å². The van der Waals surface area contributed by atoms with E-state index in [0.717, 1.165) is 6.42 Å². The molecule has 0 rings (SSSR count). The number of alkyl halides is 17. The van der Waals surface area contributed by atoms with Crippen LogP contribution in [-0.2, 0) is 4.74 Å². The third kappa shape index (κ3) is 4.36. The number of halogens is 17. The minimum Gasteiger partial charge on any atom is -0.381 e. The van der Waals surface area contributed by atoms with Gasteiger partial charge in [-0.1, -0.05) is 6.92 Å². The van der Waals surface area contributed by atoms with E-state index in [1.807, 2.05) is 0 Å². The molecule has 187 valence electrons. The van der Waals surface area contributed by atoms with E-state index >= 15 is 0 Å². The molecule has 0 heterocycles. The predicted octanol–water partition coefficient (Wildman–Crippen LogP) is 6.63. The quantitative estimate of drug-likeness (QED) is 0.227. The minimum atomic E-state index is -8.60. The molecule has 0 unspecified atom stereocenters. The molecule has 0 spiro atoms. The molecule has 0 aromatic heterocycles. The Hall–Kier alpha value is -1.23. The van der Waals surface area contributed by atoms with Gasteiger partial charge >= 0.3 is 47.6 Å². The maximum atomic E-state index is 13.4. The van der Waals surface area contributed by atoms with Gasteiger partial charge in [-0.25, -0.2) is 0 Å². The second-order valence-electron chi connectivity index (χ2n) is 5.88. The second kappa shape index (κ2) is 8.28. The molecule has 0 aliphatic carbocycles. The van der Waals surface area contributed by atoms with Crippen molar-refractivity contribution in [2.75, 3.05) is 13.2 Å². The zero-order valence-corrected chi connectivity index (χ0v) is 14.5. The van der Waals surface area contributed by atoms with Crippen molar-refractivity contribution >= 4 is 0 Å². The first-order chi connectivity index (χ1) is 13.3. The van der Waals surface area contributed by atoms with E-state index in [4.69, 9.17) is 0 Å². The van der Waals surface area contributed by atoms with Gasteiger partial charge in [0.05, 0.1) is 6.61 Å². The Labute approximate surface area is 161 Å². The molecule has 0 saturated heterocycles. The standard InChI is InChI=1S/C13H10F17O/c1-2-4-31-5-3-6(14,15)7(16,17)8(18,19)9(20,21)10(22,23)11(24,25)12(26,27)13(28,29)30/h2H,3-5H2,1H3. The number of hydrogen-bond acceptors (Lipinski definition) is 1. The summed E-state index contributed by atoms with van der Waals surface area (Å²) >= 11 is 0. The van der Waals surface area contributed by atoms with Crippen LogP contribution in [-0.4, -0.2) is 60.8 Å². The van der Waals surface area contributed by atoms with Crippen LogP contribution in [0.1, 0.15) is 13.3 Å². The fourth-order valence-electron chi connectivity index (χ4n) is 1.75. The molecular formula is C13H10F17O. The molecule has 0 amide bonds. The average molecular weight is 505 g/mol. The normalized spacial score (nSPS) is 16.1. The van der Waals surface area contributed by atoms with Gasteiger partial charge in [0.1, 0.15) is 0 Å². The first kappa shape index (κ1) is 29.8. The molecule has 0 fully saturated rings. The van der Waals surface area contributed by atoms with Crippen LogP contribution in [0.25, 0.3) is 0 Å². The maximum Gasteiger partial charge on any atom is 0.460 e. The van der Waals surface area contributed by atoms with Crippen LogP contribution in [0.5, 0.6) is 0 Å². The lowest BCUT2D eigenvalue weighted by molar-refractivity contribution is -0.462. The molecule has 0 atom stereocenters. The lowest BCUT2D eigenvalue weighted by Gasteiger charge is -2.42. The van der Waals surface area contributed by atoms with Crippen LogP contribution in [0.4, 0.5) is 74.6 Å². The van der Waals surface area contributed by atoms with Crippen molar-refractivity contribution in [3.05, 3.63) is 6.42 Å². The summed E-state index contributed by atoms with van der Waals surface area (Å²) in [6.07, 6.45) is -9.30. The number of rotatable bonds is 11. The molecule has 0 aliphatic rings. The van der Waals surface area contributed by atoms with E-state index < -0.39 is 67.3 Å². The maximum absolute atomic E-state index is 13.4. The Morgan fingerprint density at radius 2 is 0.839 bits per heavy atom. The monoisotopic (exact) mass is 505 g/mol. The summed E-state index contributed by atoms with van der Waals surface area (Å²) in [5.41, 5.74) is 0. The third-order valence-electron chi connectivity index (χ3n) is 3.63. The topological polar surface area (TPSA) is 9.23 Å². The van der Waals surface area contributed by atoms with Gasteiger partial charge < -0.3 is 4.74 Å². The van der Waals surface area contributed by atoms with Crippen LogP contribution in [0.3, 0.4) is 0 Å². The first-order valence-corrected chi connectivity index (χ1v) is 7.38. The van der Waals surface area contributed by atoms with Gasteiger partial charge in [-0.2, -0.15) is 74.6 Å². The minimum absolute atomic E-state index is 0.578. The number of ether oxygens (including phenoxy) is 1. The smallest absolute Gasteiger partial charge is 0.381 e. The summed E-state index contributed by atoms with van der Waals surface area (Å²) in [6.45, 7) is -0.960. The Kier molecular flexibility index (Phi) is 7.95. The van der Waals surface area contributed by atoms with E-state index in [2.05, 4.69) is 4.74 Å². The molecule has 0 aliphatic heterocycles. The molecule has 1 radical (unpaired) electrons. The van der Waals surface area contributed by atoms with Gasteiger partial charge in [0, 0.05) is 13.0 Å². The number of hydrogen-bond donors (Lipinski definition) is 0. The van der Waals surface area contributed by atoms with E-state index in [1.54, 1.807) is 0 Å². The SMILES string of the molecule is C[CH]COCCC(F)(F)C(F)(F)C(F)(F)C(F)(F)C(F)(F)C(F)(F)C(F)(F)C(F)(F)F. The molecule has 0 N–H and O–H groups in total. The van der Waals surface area contributed by atoms with Gasteiger partial charge in [0.25, 0.3) is 0 Å². The van der Waals surface area contributed by atoms with Crippen molar-refractivity contribution in [3.8, 4) is 0 Å². The van der Waals surface area contributed by atoms with Crippen LogP contribution >= 0.6 is 0 Å². The summed E-state index contributed by atoms with van der Waals surface area (Å²) in [5, 5.41) is 0. The lowest BCUT2D eigenvalue weighted by Crippen LogP contribution is -2.74. The highest BCUT2D eigenvalue weighted by molar-refractivity contribution is 5.15. The highest BCUT2D eigenvalue weighted by Crippen LogP contribution is 2.64. The highest BCUT2D eigenvalue weighted by atomic mass is 19.4. The van der Waals surface area contributed by atoms with Gasteiger partial charge in [-0.3, -0.25) is 0 Å². The van der Waals surface area contributed by atoms with Crippen molar-refractivity contribution in [2.24, 2.45) is 0 Å². The van der Waals surface area contributed by atoms with Gasteiger partial charge in [0.2, 0.25) is 0 Å². The predicted molar refractivity (Wildman–Crippen MR) is 66.1 cm³/mol. The molecule has 0 saturated carbocycles. The van der Waals surface area contributed by atoms with Crippen molar-refractivity contribution < 1.29 is 79.4 Å². The first-order valence-electron chi connectivity index (χ1n) is 7.38. The lowest BCUT2D eigenvalue weighted by atomic mass is 9.88. The van der Waals surface area contributed by atoms with E-state index in [-0.39, 0.29) is 0 Å². The van der Waals surface area contributed by atoms with Crippen LogP contribution < -0.4 is 0 Å². The van der Waals surface area contributed by atoms with Gasteiger partial charge in [-0.05, 0) is 6.42 Å². The van der Waals surface area contributed by atoms with E-state index in [9.17, 15) is 74.6 Å². The molecule has 0 aromatic rings. The van der Waals surface area contributed by atoms with Crippen molar-refractivity contribution in [1.82, 2.24) is 0 Å². The largest absolute Gasteiger partial charge is 0.460 e. The summed E-state index contributed by atoms with van der Waals surface area (Å²) in [4.78, 5) is 0.